The van der Waals surface area contributed by atoms with Crippen molar-refractivity contribution in [3.8, 4) is 0 Å². The Morgan fingerprint density at radius 2 is 2.25 bits per heavy atom. The van der Waals surface area contributed by atoms with Crippen LogP contribution in [0, 0.1) is 6.92 Å². The van der Waals surface area contributed by atoms with E-state index in [9.17, 15) is 0 Å². The van der Waals surface area contributed by atoms with Crippen molar-refractivity contribution in [3.05, 3.63) is 16.1 Å². The smallest absolute Gasteiger partial charge is 0.0798 e. The van der Waals surface area contributed by atoms with Crippen LogP contribution in [0.5, 0.6) is 0 Å². The predicted octanol–water partition coefficient (Wildman–Crippen LogP) is 1.58. The van der Waals surface area contributed by atoms with E-state index >= 15 is 0 Å². The van der Waals surface area contributed by atoms with E-state index in [1.54, 1.807) is 11.3 Å². The molecule has 12 heavy (non-hydrogen) atoms. The molecule has 1 rings (SSSR count). The molecule has 1 unspecified atom stereocenters. The van der Waals surface area contributed by atoms with Gasteiger partial charge in [0, 0.05) is 19.0 Å². The lowest BCUT2D eigenvalue weighted by atomic mass is 10.2. The van der Waals surface area contributed by atoms with Crippen LogP contribution in [-0.2, 0) is 0 Å². The summed E-state index contributed by atoms with van der Waals surface area (Å²) in [5.41, 5.74) is 6.30. The molecule has 0 fully saturated rings. The van der Waals surface area contributed by atoms with Gasteiger partial charge in [-0.05, 0) is 13.8 Å². The van der Waals surface area contributed by atoms with Crippen LogP contribution < -0.4 is 5.43 Å². The maximum absolute atomic E-state index is 4.20. The van der Waals surface area contributed by atoms with Crippen molar-refractivity contribution in [2.45, 2.75) is 19.9 Å². The molecule has 0 aromatic carbocycles. The minimum Gasteiger partial charge on any atom is -0.250 e. The van der Waals surface area contributed by atoms with Crippen LogP contribution >= 0.6 is 11.3 Å². The highest BCUT2D eigenvalue weighted by Gasteiger charge is 2.10. The fraction of sp³-hybridized carbons (Fsp3) is 0.625. The lowest BCUT2D eigenvalue weighted by molar-refractivity contribution is 0.253. The molecule has 1 aromatic heterocycles. The molecular formula is C8H15N3S. The summed E-state index contributed by atoms with van der Waals surface area (Å²) in [7, 11) is 3.99. The minimum absolute atomic E-state index is 0.354. The first-order chi connectivity index (χ1) is 5.61. The zero-order chi connectivity index (χ0) is 9.14. The topological polar surface area (TPSA) is 28.2 Å². The first kappa shape index (κ1) is 9.64. The molecule has 0 amide bonds. The molecule has 1 N–H and O–H groups in total. The number of hydrogen-bond acceptors (Lipinski definition) is 4. The predicted molar refractivity (Wildman–Crippen MR) is 52.1 cm³/mol. The second-order valence-electron chi connectivity index (χ2n) is 3.05. The van der Waals surface area contributed by atoms with E-state index in [4.69, 9.17) is 0 Å². The molecule has 3 nitrogen and oxygen atoms in total. The van der Waals surface area contributed by atoms with E-state index in [0.717, 1.165) is 5.69 Å². The Kier molecular flexibility index (Phi) is 3.20. The Labute approximate surface area is 77.4 Å². The van der Waals surface area contributed by atoms with Gasteiger partial charge in [-0.3, -0.25) is 5.01 Å². The number of aryl methyl sites for hydroxylation is 1. The number of nitrogens with zero attached hydrogens (tertiary/aromatic N) is 2. The highest BCUT2D eigenvalue weighted by Crippen LogP contribution is 2.20. The van der Waals surface area contributed by atoms with Gasteiger partial charge in [0.1, 0.15) is 0 Å². The lowest BCUT2D eigenvalue weighted by Gasteiger charge is -2.18. The zero-order valence-electron chi connectivity index (χ0n) is 7.96. The van der Waals surface area contributed by atoms with Gasteiger partial charge in [-0.1, -0.05) is 0 Å². The van der Waals surface area contributed by atoms with Crippen molar-refractivity contribution in [2.24, 2.45) is 0 Å². The highest BCUT2D eigenvalue weighted by molar-refractivity contribution is 7.09. The van der Waals surface area contributed by atoms with Crippen molar-refractivity contribution in [2.75, 3.05) is 14.1 Å². The van der Waals surface area contributed by atoms with Gasteiger partial charge < -0.3 is 0 Å². The number of nitrogens with one attached hydrogen (secondary N) is 1. The van der Waals surface area contributed by atoms with Gasteiger partial charge in [-0.15, -0.1) is 11.3 Å². The van der Waals surface area contributed by atoms with Crippen molar-refractivity contribution >= 4 is 11.3 Å². The maximum atomic E-state index is 4.20. The van der Waals surface area contributed by atoms with Gasteiger partial charge in [0.15, 0.2) is 0 Å². The van der Waals surface area contributed by atoms with E-state index in [-0.39, 0.29) is 0 Å². The molecule has 1 aromatic rings. The van der Waals surface area contributed by atoms with Crippen LogP contribution in [0.1, 0.15) is 23.5 Å². The largest absolute Gasteiger partial charge is 0.250 e. The highest BCUT2D eigenvalue weighted by atomic mass is 32.1. The Balaban J connectivity index is 2.65. The van der Waals surface area contributed by atoms with Gasteiger partial charge in [-0.2, -0.15) is 0 Å². The van der Waals surface area contributed by atoms with E-state index in [2.05, 4.69) is 17.3 Å². The molecule has 0 radical (unpaired) electrons. The van der Waals surface area contributed by atoms with Crippen molar-refractivity contribution < 1.29 is 0 Å². The summed E-state index contributed by atoms with van der Waals surface area (Å²) >= 11 is 1.70. The average Bonchev–Trinajstić information content (AvgIpc) is 2.33. The Morgan fingerprint density at radius 3 is 2.67 bits per heavy atom. The summed E-state index contributed by atoms with van der Waals surface area (Å²) in [4.78, 5) is 5.51. The summed E-state index contributed by atoms with van der Waals surface area (Å²) in [6.07, 6.45) is 0. The third-order valence-corrected chi connectivity index (χ3v) is 2.74. The van der Waals surface area contributed by atoms with E-state index in [0.29, 0.717) is 6.04 Å². The summed E-state index contributed by atoms with van der Waals surface area (Å²) in [6, 6.07) is 0.354. The molecule has 1 heterocycles. The van der Waals surface area contributed by atoms with Crippen LogP contribution in [0.15, 0.2) is 5.51 Å². The van der Waals surface area contributed by atoms with Crippen molar-refractivity contribution in [1.29, 1.82) is 0 Å². The van der Waals surface area contributed by atoms with Crippen LogP contribution in [0.4, 0.5) is 0 Å². The molecule has 4 heteroatoms. The van der Waals surface area contributed by atoms with Crippen LogP contribution in [0.2, 0.25) is 0 Å². The number of hydrogen-bond donors (Lipinski definition) is 1. The molecule has 0 saturated heterocycles. The molecule has 0 spiro atoms. The molecule has 68 valence electrons. The van der Waals surface area contributed by atoms with Gasteiger partial charge >= 0.3 is 0 Å². The monoisotopic (exact) mass is 185 g/mol. The average molecular weight is 185 g/mol. The van der Waals surface area contributed by atoms with E-state index in [1.807, 2.05) is 31.5 Å². The molecule has 0 saturated carbocycles. The Bertz CT molecular complexity index is 244. The minimum atomic E-state index is 0.354. The molecule has 0 bridgehead atoms. The second kappa shape index (κ2) is 3.98. The van der Waals surface area contributed by atoms with Crippen LogP contribution in [0.25, 0.3) is 0 Å². The van der Waals surface area contributed by atoms with Gasteiger partial charge in [-0.25, -0.2) is 10.4 Å². The first-order valence-electron chi connectivity index (χ1n) is 3.94. The standard InChI is InChI=1S/C8H15N3S/c1-6-8(12-5-9-6)7(2)10-11(3)4/h5,7,10H,1-4H3. The third kappa shape index (κ3) is 2.27. The van der Waals surface area contributed by atoms with Crippen molar-refractivity contribution in [3.63, 3.8) is 0 Å². The Hall–Kier alpha value is -0.450. The Morgan fingerprint density at radius 1 is 1.58 bits per heavy atom. The molecule has 0 aliphatic heterocycles. The summed E-state index contributed by atoms with van der Waals surface area (Å²) in [5.74, 6) is 0. The molecule has 1 atom stereocenters. The van der Waals surface area contributed by atoms with Gasteiger partial charge in [0.25, 0.3) is 0 Å². The number of hydrazine groups is 1. The van der Waals surface area contributed by atoms with Crippen molar-refractivity contribution in [1.82, 2.24) is 15.4 Å². The molecule has 0 aliphatic carbocycles. The fourth-order valence-corrected chi connectivity index (χ4v) is 1.98. The first-order valence-corrected chi connectivity index (χ1v) is 4.82. The lowest BCUT2D eigenvalue weighted by Crippen LogP contribution is -2.32. The zero-order valence-corrected chi connectivity index (χ0v) is 8.77. The summed E-state index contributed by atoms with van der Waals surface area (Å²) in [6.45, 7) is 4.18. The fourth-order valence-electron chi connectivity index (χ4n) is 1.17. The quantitative estimate of drug-likeness (QED) is 0.725. The SMILES string of the molecule is Cc1ncsc1C(C)NN(C)C. The van der Waals surface area contributed by atoms with Crippen LogP contribution in [-0.4, -0.2) is 24.1 Å². The van der Waals surface area contributed by atoms with Crippen LogP contribution in [0.3, 0.4) is 0 Å². The van der Waals surface area contributed by atoms with Gasteiger partial charge in [0.2, 0.25) is 0 Å². The summed E-state index contributed by atoms with van der Waals surface area (Å²) in [5, 5.41) is 1.96. The summed E-state index contributed by atoms with van der Waals surface area (Å²) < 4.78 is 0. The van der Waals surface area contributed by atoms with E-state index < -0.39 is 0 Å². The number of rotatable bonds is 3. The maximum Gasteiger partial charge on any atom is 0.0798 e. The number of aromatic nitrogens is 1. The van der Waals surface area contributed by atoms with Gasteiger partial charge in [0.05, 0.1) is 17.2 Å². The molecule has 0 aliphatic rings. The third-order valence-electron chi connectivity index (χ3n) is 1.63. The van der Waals surface area contributed by atoms with E-state index in [1.165, 1.54) is 4.88 Å². The normalized spacial score (nSPS) is 13.8. The number of thiazole rings is 1. The molecular weight excluding hydrogens is 170 g/mol. The second-order valence-corrected chi connectivity index (χ2v) is 3.93.